The number of anilines is 1. The molecule has 1 N–H and O–H groups in total. The van der Waals surface area contributed by atoms with Gasteiger partial charge in [0.05, 0.1) is 21.5 Å². The van der Waals surface area contributed by atoms with Crippen molar-refractivity contribution in [2.45, 2.75) is 6.04 Å². The number of non-ortho nitro benzene ring substituents is 2. The molecule has 4 rings (SSSR count). The number of pyridine rings is 1. The predicted octanol–water partition coefficient (Wildman–Crippen LogP) is 3.52. The molecule has 1 aliphatic rings. The van der Waals surface area contributed by atoms with Gasteiger partial charge in [0.15, 0.2) is 0 Å². The molecule has 11 nitrogen and oxygen atoms in total. The maximum Gasteiger partial charge on any atom is 0.301 e. The number of ketones is 1. The minimum absolute atomic E-state index is 0.0894. The Morgan fingerprint density at radius 3 is 1.97 bits per heavy atom. The fourth-order valence-electron chi connectivity index (χ4n) is 3.56. The average molecular weight is 446 g/mol. The zero-order valence-electron chi connectivity index (χ0n) is 16.7. The molecule has 3 aromatic rings. The Hall–Kier alpha value is -4.93. The molecular formula is C22H14N4O7. The molecule has 164 valence electrons. The van der Waals surface area contributed by atoms with Crippen LogP contribution in [0.2, 0.25) is 0 Å². The highest BCUT2D eigenvalue weighted by Crippen LogP contribution is 2.41. The third-order valence-corrected chi connectivity index (χ3v) is 5.11. The van der Waals surface area contributed by atoms with Gasteiger partial charge >= 0.3 is 5.91 Å². The van der Waals surface area contributed by atoms with Crippen LogP contribution in [0.4, 0.5) is 17.2 Å². The Morgan fingerprint density at radius 2 is 1.45 bits per heavy atom. The summed E-state index contributed by atoms with van der Waals surface area (Å²) in [5, 5.41) is 32.9. The number of benzene rings is 2. The molecule has 0 aliphatic carbocycles. The highest BCUT2D eigenvalue weighted by Gasteiger charge is 2.47. The lowest BCUT2D eigenvalue weighted by Gasteiger charge is -2.24. The van der Waals surface area contributed by atoms with Crippen LogP contribution in [-0.2, 0) is 9.59 Å². The van der Waals surface area contributed by atoms with Crippen molar-refractivity contribution in [1.82, 2.24) is 4.98 Å². The first kappa shape index (κ1) is 21.3. The van der Waals surface area contributed by atoms with Crippen molar-refractivity contribution in [2.24, 2.45) is 0 Å². The van der Waals surface area contributed by atoms with Crippen LogP contribution >= 0.6 is 0 Å². The number of hydrogen-bond donors (Lipinski definition) is 1. The number of Topliss-reactive ketones (excluding diaryl/α,β-unsaturated/α-hetero) is 1. The molecule has 0 radical (unpaired) electrons. The van der Waals surface area contributed by atoms with E-state index in [1.165, 1.54) is 48.7 Å². The molecule has 1 aromatic heterocycles. The van der Waals surface area contributed by atoms with E-state index >= 15 is 0 Å². The lowest BCUT2D eigenvalue weighted by Crippen LogP contribution is -2.30. The fourth-order valence-corrected chi connectivity index (χ4v) is 3.56. The molecule has 0 spiro atoms. The van der Waals surface area contributed by atoms with Crippen LogP contribution in [0.15, 0.2) is 78.5 Å². The van der Waals surface area contributed by atoms with Gasteiger partial charge in [-0.05, 0) is 42.0 Å². The zero-order valence-corrected chi connectivity index (χ0v) is 16.7. The second-order valence-corrected chi connectivity index (χ2v) is 7.01. The van der Waals surface area contributed by atoms with E-state index < -0.39 is 33.3 Å². The number of aliphatic hydroxyl groups is 1. The van der Waals surface area contributed by atoms with E-state index in [-0.39, 0.29) is 28.3 Å². The molecule has 1 fully saturated rings. The number of nitrogens with zero attached hydrogens (tertiary/aromatic N) is 4. The molecule has 1 atom stereocenters. The van der Waals surface area contributed by atoms with Crippen molar-refractivity contribution in [1.29, 1.82) is 0 Å². The first-order valence-electron chi connectivity index (χ1n) is 9.51. The van der Waals surface area contributed by atoms with Gasteiger partial charge in [-0.1, -0.05) is 6.07 Å². The van der Waals surface area contributed by atoms with Gasteiger partial charge in [-0.3, -0.25) is 34.7 Å². The minimum Gasteiger partial charge on any atom is -0.507 e. The van der Waals surface area contributed by atoms with Gasteiger partial charge in [0, 0.05) is 36.0 Å². The molecule has 1 amide bonds. The smallest absolute Gasteiger partial charge is 0.301 e. The Balaban J connectivity index is 1.90. The van der Waals surface area contributed by atoms with Crippen LogP contribution in [0.25, 0.3) is 5.76 Å². The van der Waals surface area contributed by atoms with Gasteiger partial charge < -0.3 is 5.11 Å². The zero-order chi connectivity index (χ0) is 23.7. The van der Waals surface area contributed by atoms with Crippen LogP contribution in [0, 0.1) is 20.2 Å². The molecule has 11 heteroatoms. The van der Waals surface area contributed by atoms with E-state index in [1.54, 1.807) is 12.1 Å². The number of aromatic nitrogens is 1. The summed E-state index contributed by atoms with van der Waals surface area (Å²) < 4.78 is 0. The van der Waals surface area contributed by atoms with Crippen LogP contribution in [-0.4, -0.2) is 31.6 Å². The summed E-state index contributed by atoms with van der Waals surface area (Å²) in [6.07, 6.45) is 1.43. The Bertz CT molecular complexity index is 1300. The van der Waals surface area contributed by atoms with Crippen LogP contribution in [0.1, 0.15) is 17.2 Å². The third-order valence-electron chi connectivity index (χ3n) is 5.11. The SMILES string of the molecule is O=C1C(=O)N(c2ccccn2)[C@@H](c2ccc([N+](=O)[O-])cc2)C1=C(O)c1ccc([N+](=O)[O-])cc1. The molecule has 0 bridgehead atoms. The molecule has 1 saturated heterocycles. The maximum absolute atomic E-state index is 13.0. The van der Waals surface area contributed by atoms with E-state index in [0.717, 1.165) is 17.0 Å². The number of aliphatic hydroxyl groups excluding tert-OH is 1. The maximum atomic E-state index is 13.0. The summed E-state index contributed by atoms with van der Waals surface area (Å²) in [6, 6.07) is 13.7. The van der Waals surface area contributed by atoms with Crippen LogP contribution < -0.4 is 4.90 Å². The Labute approximate surface area is 185 Å². The van der Waals surface area contributed by atoms with E-state index in [9.17, 15) is 34.9 Å². The number of nitro groups is 2. The predicted molar refractivity (Wildman–Crippen MR) is 115 cm³/mol. The standard InChI is InChI=1S/C22H14N4O7/c27-20(14-6-10-16(11-7-14)26(32)33)18-19(13-4-8-15(9-5-13)25(30)31)24(22(29)21(18)28)17-3-1-2-12-23-17/h1-12,19,27H/t19-/m0/s1. The lowest BCUT2D eigenvalue weighted by atomic mass is 9.95. The largest absolute Gasteiger partial charge is 0.507 e. The highest BCUT2D eigenvalue weighted by atomic mass is 16.6. The topological polar surface area (TPSA) is 157 Å². The Morgan fingerprint density at radius 1 is 0.879 bits per heavy atom. The van der Waals surface area contributed by atoms with Crippen molar-refractivity contribution in [2.75, 3.05) is 4.90 Å². The van der Waals surface area contributed by atoms with Gasteiger partial charge in [-0.2, -0.15) is 0 Å². The van der Waals surface area contributed by atoms with Crippen molar-refractivity contribution in [3.8, 4) is 0 Å². The molecule has 2 heterocycles. The first-order valence-corrected chi connectivity index (χ1v) is 9.51. The summed E-state index contributed by atoms with van der Waals surface area (Å²) in [5.41, 5.74) is -0.259. The molecule has 0 unspecified atom stereocenters. The molecule has 0 saturated carbocycles. The number of carbonyl (C=O) groups excluding carboxylic acids is 2. The van der Waals surface area contributed by atoms with E-state index in [0.29, 0.717) is 5.56 Å². The summed E-state index contributed by atoms with van der Waals surface area (Å²) in [5.74, 6) is -2.32. The summed E-state index contributed by atoms with van der Waals surface area (Å²) in [7, 11) is 0. The van der Waals surface area contributed by atoms with Gasteiger partial charge in [0.1, 0.15) is 11.6 Å². The fraction of sp³-hybridized carbons (Fsp3) is 0.0455. The number of amides is 1. The molecule has 1 aliphatic heterocycles. The van der Waals surface area contributed by atoms with E-state index in [1.807, 2.05) is 0 Å². The number of nitro benzene ring substituents is 2. The van der Waals surface area contributed by atoms with Crippen LogP contribution in [0.5, 0.6) is 0 Å². The van der Waals surface area contributed by atoms with Crippen LogP contribution in [0.3, 0.4) is 0 Å². The van der Waals surface area contributed by atoms with Gasteiger partial charge in [-0.15, -0.1) is 0 Å². The third kappa shape index (κ3) is 3.78. The van der Waals surface area contributed by atoms with Crippen molar-refractivity contribution in [3.63, 3.8) is 0 Å². The first-order chi connectivity index (χ1) is 15.8. The summed E-state index contributed by atoms with van der Waals surface area (Å²) in [6.45, 7) is 0. The molecule has 2 aromatic carbocycles. The van der Waals surface area contributed by atoms with E-state index in [4.69, 9.17) is 0 Å². The summed E-state index contributed by atoms with van der Waals surface area (Å²) in [4.78, 5) is 51.9. The molecular weight excluding hydrogens is 432 g/mol. The number of carbonyl (C=O) groups is 2. The Kier molecular flexibility index (Phi) is 5.36. The second-order valence-electron chi connectivity index (χ2n) is 7.01. The highest BCUT2D eigenvalue weighted by molar-refractivity contribution is 6.51. The van der Waals surface area contributed by atoms with Gasteiger partial charge in [0.2, 0.25) is 0 Å². The quantitative estimate of drug-likeness (QED) is 0.205. The van der Waals surface area contributed by atoms with E-state index in [2.05, 4.69) is 4.98 Å². The average Bonchev–Trinajstić information content (AvgIpc) is 3.09. The number of rotatable bonds is 5. The minimum atomic E-state index is -1.13. The second kappa shape index (κ2) is 8.30. The summed E-state index contributed by atoms with van der Waals surface area (Å²) >= 11 is 0. The van der Waals surface area contributed by atoms with Gasteiger partial charge in [0.25, 0.3) is 17.2 Å². The molecule has 33 heavy (non-hydrogen) atoms. The normalized spacial score (nSPS) is 17.2. The van der Waals surface area contributed by atoms with Gasteiger partial charge in [-0.25, -0.2) is 4.98 Å². The van der Waals surface area contributed by atoms with Crippen molar-refractivity contribution < 1.29 is 24.5 Å². The lowest BCUT2D eigenvalue weighted by molar-refractivity contribution is -0.385. The monoisotopic (exact) mass is 446 g/mol. The van der Waals surface area contributed by atoms with Crippen molar-refractivity contribution in [3.05, 3.63) is 110 Å². The van der Waals surface area contributed by atoms with Crippen molar-refractivity contribution >= 4 is 34.6 Å². The number of hydrogen-bond acceptors (Lipinski definition) is 8.